The number of alkyl halides is 2. The van der Waals surface area contributed by atoms with Gasteiger partial charge >= 0.3 is 13.3 Å². The van der Waals surface area contributed by atoms with Crippen molar-refractivity contribution in [2.24, 2.45) is 0 Å². The second-order valence-electron chi connectivity index (χ2n) is 22.7. The van der Waals surface area contributed by atoms with E-state index in [2.05, 4.69) is 31.4 Å². The fraction of sp³-hybridized carbons (Fsp3) is 0.441. The molecule has 0 bridgehead atoms. The van der Waals surface area contributed by atoms with E-state index in [1.54, 1.807) is 9.80 Å². The van der Waals surface area contributed by atoms with Gasteiger partial charge in [0.05, 0.1) is 24.1 Å². The van der Waals surface area contributed by atoms with Crippen molar-refractivity contribution in [3.63, 3.8) is 0 Å². The fourth-order valence-electron chi connectivity index (χ4n) is 11.5. The highest BCUT2D eigenvalue weighted by Gasteiger charge is 2.51. The lowest BCUT2D eigenvalue weighted by atomic mass is 9.86. The van der Waals surface area contributed by atoms with Gasteiger partial charge in [-0.2, -0.15) is 8.78 Å². The minimum Gasteiger partial charge on any atom is -0.376 e. The van der Waals surface area contributed by atoms with Crippen molar-refractivity contribution in [3.8, 4) is 0 Å². The second kappa shape index (κ2) is 23.3. The van der Waals surface area contributed by atoms with E-state index in [0.29, 0.717) is 49.0 Å². The Morgan fingerprint density at radius 1 is 0.864 bits per heavy atom. The number of unbranched alkanes of at least 4 members (excludes halogenated alkanes) is 2. The van der Waals surface area contributed by atoms with Crippen LogP contribution in [0, 0.1) is 0 Å². The number of thiophene rings is 1. The molecule has 10 rings (SSSR count). The van der Waals surface area contributed by atoms with Crippen LogP contribution in [0.5, 0.6) is 0 Å². The summed E-state index contributed by atoms with van der Waals surface area (Å²) < 4.78 is 54.1. The number of fused-ring (bicyclic) bond motifs is 3. The van der Waals surface area contributed by atoms with Gasteiger partial charge in [-0.3, -0.25) is 43.4 Å². The number of benzene rings is 4. The second-order valence-corrected chi connectivity index (χ2v) is 25.4. The van der Waals surface area contributed by atoms with Crippen molar-refractivity contribution >= 4 is 70.4 Å². The van der Waals surface area contributed by atoms with E-state index in [9.17, 15) is 51.9 Å². The Morgan fingerprint density at radius 2 is 1.59 bits per heavy atom. The van der Waals surface area contributed by atoms with Gasteiger partial charge in [-0.15, -0.1) is 11.3 Å². The standard InChI is InChI=1S/C59H65F2N6O12PS/c1-58(2,3)41-15-13-35(14-16-41)24-45(62-54(71)50-28-37-26-42(17-19-49(37)81-50)59(60,61)80(75,76)77)56(73)67-33-43(29-47(67)57(74)64-21-23-79-48(34-64)36-10-6-4-7-11-36)78-22-9-5-8-12-52(69)65-30-38-25-40-32-66(46-18-20-51(68)63-53(46)70)55(72)44(40)27-39(38)31-65/h4,6-7,10-11,13-17,19,25-28,43,45-48H,5,8-9,12,18,20-24,29-34H2,1-3H3,(H,62,71)(H,63,68,70)(H2,75,76,77)/t43-,45-,46?,47-,48-/m0/s1. The highest BCUT2D eigenvalue weighted by molar-refractivity contribution is 7.52. The first-order valence-corrected chi connectivity index (χ1v) is 29.8. The summed E-state index contributed by atoms with van der Waals surface area (Å²) in [5, 5.41) is 5.38. The van der Waals surface area contributed by atoms with E-state index in [-0.39, 0.29) is 104 Å². The molecule has 3 saturated heterocycles. The van der Waals surface area contributed by atoms with Crippen molar-refractivity contribution in [1.29, 1.82) is 0 Å². The number of halogens is 2. The lowest BCUT2D eigenvalue weighted by molar-refractivity contribution is -0.149. The van der Waals surface area contributed by atoms with Crippen molar-refractivity contribution in [1.82, 2.24) is 30.2 Å². The van der Waals surface area contributed by atoms with Crippen LogP contribution in [0.1, 0.15) is 131 Å². The number of piperidine rings is 1. The van der Waals surface area contributed by atoms with Gasteiger partial charge in [0.1, 0.15) is 24.2 Å². The van der Waals surface area contributed by atoms with Gasteiger partial charge in [0, 0.05) is 80.8 Å². The van der Waals surface area contributed by atoms with E-state index in [4.69, 9.17) is 9.47 Å². The molecule has 5 aliphatic heterocycles. The number of amides is 7. The molecule has 7 amide bonds. The number of carbonyl (C=O) groups excluding carboxylic acids is 7. The van der Waals surface area contributed by atoms with Gasteiger partial charge in [0.25, 0.3) is 11.8 Å². The van der Waals surface area contributed by atoms with Crippen molar-refractivity contribution in [2.75, 3.05) is 32.8 Å². The van der Waals surface area contributed by atoms with Gasteiger partial charge in [0.2, 0.25) is 29.5 Å². The topological polar surface area (TPSA) is 232 Å². The van der Waals surface area contributed by atoms with Crippen LogP contribution < -0.4 is 10.6 Å². The van der Waals surface area contributed by atoms with Crippen LogP contribution in [0.15, 0.2) is 91.0 Å². The Balaban J connectivity index is 0.805. The number of likely N-dealkylation sites (tertiary alicyclic amines) is 1. The number of nitrogens with one attached hydrogen (secondary N) is 2. The molecule has 5 aromatic rings. The molecule has 1 unspecified atom stereocenters. The molecule has 6 heterocycles. The van der Waals surface area contributed by atoms with Crippen LogP contribution in [-0.4, -0.2) is 128 Å². The predicted molar refractivity (Wildman–Crippen MR) is 295 cm³/mol. The van der Waals surface area contributed by atoms with Crippen molar-refractivity contribution in [3.05, 3.63) is 140 Å². The number of hydrogen-bond acceptors (Lipinski definition) is 11. The zero-order valence-electron chi connectivity index (χ0n) is 45.2. The molecule has 5 atom stereocenters. The lowest BCUT2D eigenvalue weighted by Crippen LogP contribution is -2.56. The molecule has 4 aromatic carbocycles. The van der Waals surface area contributed by atoms with E-state index in [1.807, 2.05) is 66.7 Å². The summed E-state index contributed by atoms with van der Waals surface area (Å²) in [4.78, 5) is 121. The SMILES string of the molecule is CC(C)(C)c1ccc(C[C@H](NC(=O)c2cc3cc(C(F)(F)P(=O)(O)O)ccc3s2)C(=O)N2C[C@@H](OCCCCCC(=O)N3Cc4cc5c(cc4C3)C(=O)N(C3CCC(=O)NC3=O)C5)C[C@H]2C(=O)N2CCO[C@H](c3ccccc3)C2)cc1. The summed E-state index contributed by atoms with van der Waals surface area (Å²) in [7, 11) is -5.87. The summed E-state index contributed by atoms with van der Waals surface area (Å²) >= 11 is 0.962. The van der Waals surface area contributed by atoms with Crippen LogP contribution >= 0.6 is 18.9 Å². The molecule has 22 heteroatoms. The average Bonchev–Trinajstić information content (AvgIpc) is 4.46. The molecule has 0 saturated carbocycles. The summed E-state index contributed by atoms with van der Waals surface area (Å²) in [5.41, 5.74) is 0.261. The van der Waals surface area contributed by atoms with Gasteiger partial charge in [-0.25, -0.2) is 0 Å². The van der Waals surface area contributed by atoms with Gasteiger partial charge < -0.3 is 44.2 Å². The molecule has 3 fully saturated rings. The van der Waals surface area contributed by atoms with Crippen LogP contribution in [0.2, 0.25) is 0 Å². The highest BCUT2D eigenvalue weighted by atomic mass is 32.1. The normalized spacial score (nSPS) is 20.9. The molecular formula is C59H65F2N6O12PS. The first-order valence-electron chi connectivity index (χ1n) is 27.3. The van der Waals surface area contributed by atoms with Gasteiger partial charge in [0.15, 0.2) is 0 Å². The third-order valence-electron chi connectivity index (χ3n) is 16.0. The third-order valence-corrected chi connectivity index (χ3v) is 18.1. The minimum atomic E-state index is -5.87. The molecular weight excluding hydrogens is 1090 g/mol. The summed E-state index contributed by atoms with van der Waals surface area (Å²) in [6.45, 7) is 8.37. The van der Waals surface area contributed by atoms with E-state index >= 15 is 4.79 Å². The van der Waals surface area contributed by atoms with E-state index < -0.39 is 66.9 Å². The van der Waals surface area contributed by atoms with Crippen molar-refractivity contribution < 1.29 is 66.2 Å². The Bertz CT molecular complexity index is 3330. The summed E-state index contributed by atoms with van der Waals surface area (Å²) in [6.07, 6.45) is 1.82. The number of morpholine rings is 1. The molecule has 4 N–H and O–H groups in total. The molecule has 81 heavy (non-hydrogen) atoms. The Kier molecular flexibility index (Phi) is 16.5. The molecule has 428 valence electrons. The third kappa shape index (κ3) is 12.4. The highest BCUT2D eigenvalue weighted by Crippen LogP contribution is 2.59. The van der Waals surface area contributed by atoms with Gasteiger partial charge in [-0.05, 0) is 87.7 Å². The maximum atomic E-state index is 15.2. The van der Waals surface area contributed by atoms with E-state index in [0.717, 1.165) is 56.9 Å². The smallest absolute Gasteiger partial charge is 0.376 e. The van der Waals surface area contributed by atoms with Crippen LogP contribution in [0.25, 0.3) is 10.1 Å². The molecule has 0 aliphatic carbocycles. The number of ether oxygens (including phenoxy) is 2. The predicted octanol–water partition coefficient (Wildman–Crippen LogP) is 7.22. The average molecular weight is 1150 g/mol. The number of imide groups is 1. The summed E-state index contributed by atoms with van der Waals surface area (Å²) in [6, 6.07) is 22.5. The first-order chi connectivity index (χ1) is 38.5. The maximum Gasteiger partial charge on any atom is 0.399 e. The van der Waals surface area contributed by atoms with Crippen molar-refractivity contribution in [2.45, 2.75) is 133 Å². The zero-order valence-corrected chi connectivity index (χ0v) is 46.9. The quantitative estimate of drug-likeness (QED) is 0.0411. The molecule has 18 nitrogen and oxygen atoms in total. The first kappa shape index (κ1) is 57.5. The monoisotopic (exact) mass is 1150 g/mol. The lowest BCUT2D eigenvalue weighted by Gasteiger charge is -2.37. The van der Waals surface area contributed by atoms with Crippen LogP contribution in [0.3, 0.4) is 0 Å². The molecule has 0 spiro atoms. The number of nitrogens with zero attached hydrogens (tertiary/aromatic N) is 4. The maximum absolute atomic E-state index is 15.2. The van der Waals surface area contributed by atoms with Crippen LogP contribution in [-0.2, 0) is 75.1 Å². The van der Waals surface area contributed by atoms with E-state index in [1.165, 1.54) is 21.9 Å². The van der Waals surface area contributed by atoms with Crippen LogP contribution in [0.4, 0.5) is 8.78 Å². The zero-order chi connectivity index (χ0) is 57.5. The Hall–Kier alpha value is -6.74. The number of rotatable bonds is 17. The molecule has 0 radical (unpaired) electrons. The molecule has 1 aromatic heterocycles. The minimum absolute atomic E-state index is 0.0243. The Morgan fingerprint density at radius 3 is 2.31 bits per heavy atom. The number of hydrogen-bond donors (Lipinski definition) is 4. The summed E-state index contributed by atoms with van der Waals surface area (Å²) in [5.74, 6) is -2.61. The largest absolute Gasteiger partial charge is 0.399 e. The Labute approximate surface area is 471 Å². The fourth-order valence-corrected chi connectivity index (χ4v) is 12.9. The number of carbonyl (C=O) groups is 7. The molecule has 5 aliphatic rings. The van der Waals surface area contributed by atoms with Gasteiger partial charge in [-0.1, -0.05) is 93.9 Å².